The fourth-order valence-corrected chi connectivity index (χ4v) is 5.65. The van der Waals surface area contributed by atoms with Crippen LogP contribution in [0, 0.1) is 4.64 Å². The number of aliphatic hydroxyl groups excluding tert-OH is 1. The maximum absolute atomic E-state index is 14.6. The second-order valence-electron chi connectivity index (χ2n) is 5.98. The standard InChI is InChI=1S/C10H15F2N2O13P3S/c11-3-10(4-24-29(20,21)27-30(22,23)26-28(17,18)19)7(15)6(12)8(25-10)14-2-1-5(31)13-9(14)16/h1-2,6-8,15H,3-4H2,(H,20,21)(H,22,23)(H,13,16,31)(H2,17,18,19)/t6-,7?,8+,10+/m0/s1. The highest BCUT2D eigenvalue weighted by Gasteiger charge is 2.58. The highest BCUT2D eigenvalue weighted by molar-refractivity contribution is 7.71. The van der Waals surface area contributed by atoms with Gasteiger partial charge in [-0.2, -0.15) is 8.62 Å². The zero-order valence-electron chi connectivity index (χ0n) is 14.8. The molecule has 178 valence electrons. The van der Waals surface area contributed by atoms with Crippen LogP contribution in [0.1, 0.15) is 6.23 Å². The Balaban J connectivity index is 2.21. The molecule has 1 aliphatic rings. The molecule has 1 aromatic heterocycles. The molecule has 1 saturated heterocycles. The van der Waals surface area contributed by atoms with Crippen molar-refractivity contribution < 1.29 is 65.0 Å². The molecule has 0 saturated carbocycles. The fourth-order valence-electron chi connectivity index (χ4n) is 2.42. The van der Waals surface area contributed by atoms with Crippen LogP contribution in [0.15, 0.2) is 17.1 Å². The average molecular weight is 534 g/mol. The number of hydrogen-bond acceptors (Lipinski definition) is 10. The summed E-state index contributed by atoms with van der Waals surface area (Å²) in [6.07, 6.45) is -5.79. The molecule has 1 fully saturated rings. The van der Waals surface area contributed by atoms with Crippen LogP contribution in [0.3, 0.4) is 0 Å². The lowest BCUT2D eigenvalue weighted by molar-refractivity contribution is -0.136. The lowest BCUT2D eigenvalue weighted by atomic mass is 9.98. The first-order valence-electron chi connectivity index (χ1n) is 7.67. The third-order valence-electron chi connectivity index (χ3n) is 3.71. The predicted octanol–water partition coefficient (Wildman–Crippen LogP) is 0.185. The molecule has 0 spiro atoms. The Bertz CT molecular complexity index is 1080. The zero-order valence-corrected chi connectivity index (χ0v) is 18.3. The van der Waals surface area contributed by atoms with E-state index in [-0.39, 0.29) is 4.64 Å². The van der Waals surface area contributed by atoms with E-state index in [0.717, 1.165) is 12.3 Å². The Morgan fingerprint density at radius 3 is 2.35 bits per heavy atom. The predicted molar refractivity (Wildman–Crippen MR) is 95.4 cm³/mol. The molecular weight excluding hydrogens is 519 g/mol. The Labute approximate surface area is 175 Å². The molecule has 6 atom stereocenters. The van der Waals surface area contributed by atoms with Crippen molar-refractivity contribution in [2.75, 3.05) is 13.3 Å². The van der Waals surface area contributed by atoms with E-state index in [1.165, 1.54) is 0 Å². The topological polar surface area (TPSA) is 227 Å². The minimum atomic E-state index is -5.86. The maximum atomic E-state index is 14.6. The van der Waals surface area contributed by atoms with E-state index in [1.54, 1.807) is 0 Å². The van der Waals surface area contributed by atoms with Crippen LogP contribution in [0.5, 0.6) is 0 Å². The number of aromatic amines is 1. The molecule has 2 heterocycles. The number of aliphatic hydroxyl groups is 1. The summed E-state index contributed by atoms with van der Waals surface area (Å²) in [5.74, 6) is 0. The second kappa shape index (κ2) is 9.27. The van der Waals surface area contributed by atoms with Crippen molar-refractivity contribution in [1.29, 1.82) is 0 Å². The van der Waals surface area contributed by atoms with E-state index >= 15 is 0 Å². The van der Waals surface area contributed by atoms with Crippen molar-refractivity contribution in [2.24, 2.45) is 0 Å². The van der Waals surface area contributed by atoms with Crippen molar-refractivity contribution >= 4 is 35.7 Å². The average Bonchev–Trinajstić information content (AvgIpc) is 2.82. The molecule has 0 amide bonds. The van der Waals surface area contributed by atoms with Gasteiger partial charge < -0.3 is 29.4 Å². The summed E-state index contributed by atoms with van der Waals surface area (Å²) in [4.78, 5) is 49.5. The van der Waals surface area contributed by atoms with Gasteiger partial charge in [-0.05, 0) is 6.07 Å². The highest BCUT2D eigenvalue weighted by atomic mass is 32.1. The molecule has 21 heteroatoms. The number of H-pyrrole nitrogens is 1. The summed E-state index contributed by atoms with van der Waals surface area (Å²) in [5.41, 5.74) is -3.68. The highest BCUT2D eigenvalue weighted by Crippen LogP contribution is 2.66. The molecule has 3 unspecified atom stereocenters. The lowest BCUT2D eigenvalue weighted by Crippen LogP contribution is -2.48. The minimum Gasteiger partial charge on any atom is -0.387 e. The first-order chi connectivity index (χ1) is 14.0. The van der Waals surface area contributed by atoms with Crippen LogP contribution in [0.25, 0.3) is 0 Å². The van der Waals surface area contributed by atoms with Crippen molar-refractivity contribution in [1.82, 2.24) is 9.55 Å². The summed E-state index contributed by atoms with van der Waals surface area (Å²) in [6.45, 7) is -3.21. The van der Waals surface area contributed by atoms with E-state index in [0.29, 0.717) is 4.57 Å². The van der Waals surface area contributed by atoms with E-state index in [1.807, 2.05) is 0 Å². The lowest BCUT2D eigenvalue weighted by Gasteiger charge is -2.29. The number of phosphoric acid groups is 3. The van der Waals surface area contributed by atoms with Crippen molar-refractivity contribution in [2.45, 2.75) is 24.1 Å². The van der Waals surface area contributed by atoms with Crippen LogP contribution >= 0.6 is 35.7 Å². The molecular formula is C10H15F2N2O13P3S. The summed E-state index contributed by atoms with van der Waals surface area (Å²) in [6, 6.07) is 1.15. The maximum Gasteiger partial charge on any atom is 0.490 e. The van der Waals surface area contributed by atoms with Gasteiger partial charge in [0, 0.05) is 6.20 Å². The van der Waals surface area contributed by atoms with E-state index in [4.69, 9.17) is 31.6 Å². The van der Waals surface area contributed by atoms with Gasteiger partial charge in [-0.1, -0.05) is 12.2 Å². The molecule has 2 rings (SSSR count). The number of ether oxygens (including phenoxy) is 1. The monoisotopic (exact) mass is 534 g/mol. The SMILES string of the molecule is O=c1[nH]c(=S)ccn1[C@@H]1O[C@](CF)(COP(=O)(O)OP(=O)(O)OP(=O)(O)O)C(O)[C@@H]1F. The molecule has 1 aliphatic heterocycles. The van der Waals surface area contributed by atoms with E-state index in [2.05, 4.69) is 18.1 Å². The smallest absolute Gasteiger partial charge is 0.387 e. The molecule has 31 heavy (non-hydrogen) atoms. The van der Waals surface area contributed by atoms with Crippen LogP contribution < -0.4 is 5.69 Å². The third kappa shape index (κ3) is 6.65. The number of rotatable bonds is 9. The molecule has 1 aromatic rings. The van der Waals surface area contributed by atoms with Gasteiger partial charge in [0.1, 0.15) is 17.4 Å². The van der Waals surface area contributed by atoms with Gasteiger partial charge >= 0.3 is 29.2 Å². The van der Waals surface area contributed by atoms with Gasteiger partial charge in [0.25, 0.3) is 0 Å². The van der Waals surface area contributed by atoms with E-state index in [9.17, 15) is 37.3 Å². The molecule has 0 aromatic carbocycles. The first-order valence-corrected chi connectivity index (χ1v) is 12.6. The molecule has 0 bridgehead atoms. The first kappa shape index (κ1) is 26.5. The van der Waals surface area contributed by atoms with Crippen molar-refractivity contribution in [3.8, 4) is 0 Å². The fraction of sp³-hybridized carbons (Fsp3) is 0.600. The summed E-state index contributed by atoms with van der Waals surface area (Å²) in [7, 11) is -17.2. The van der Waals surface area contributed by atoms with Gasteiger partial charge in [0.15, 0.2) is 18.0 Å². The number of alkyl halides is 2. The number of hydrogen-bond donors (Lipinski definition) is 6. The van der Waals surface area contributed by atoms with Gasteiger partial charge in [0.05, 0.1) is 6.61 Å². The molecule has 0 radical (unpaired) electrons. The number of aromatic nitrogens is 2. The molecule has 15 nitrogen and oxygen atoms in total. The summed E-state index contributed by atoms with van der Waals surface area (Å²) >= 11 is 4.71. The van der Waals surface area contributed by atoms with Gasteiger partial charge in [-0.25, -0.2) is 27.3 Å². The Morgan fingerprint density at radius 2 is 1.84 bits per heavy atom. The van der Waals surface area contributed by atoms with Gasteiger partial charge in [0.2, 0.25) is 0 Å². The van der Waals surface area contributed by atoms with Gasteiger partial charge in [-0.3, -0.25) is 14.1 Å². The normalized spacial score (nSPS) is 30.6. The van der Waals surface area contributed by atoms with Crippen molar-refractivity contribution in [3.63, 3.8) is 0 Å². The van der Waals surface area contributed by atoms with E-state index < -0.39 is 66.5 Å². The summed E-state index contributed by atoms with van der Waals surface area (Å²) < 4.78 is 78.7. The number of phosphoric ester groups is 1. The third-order valence-corrected chi connectivity index (χ3v) is 7.73. The second-order valence-corrected chi connectivity index (χ2v) is 10.8. The number of nitrogens with zero attached hydrogens (tertiary/aromatic N) is 1. The number of nitrogens with one attached hydrogen (secondary N) is 1. The Kier molecular flexibility index (Phi) is 7.94. The van der Waals surface area contributed by atoms with Crippen molar-refractivity contribution in [3.05, 3.63) is 27.4 Å². The Hall–Kier alpha value is -0.710. The van der Waals surface area contributed by atoms with Crippen LogP contribution in [0.2, 0.25) is 0 Å². The van der Waals surface area contributed by atoms with Crippen LogP contribution in [-0.4, -0.2) is 65.4 Å². The van der Waals surface area contributed by atoms with Gasteiger partial charge in [-0.15, -0.1) is 0 Å². The quantitative estimate of drug-likeness (QED) is 0.184. The molecule has 0 aliphatic carbocycles. The van der Waals surface area contributed by atoms with Crippen LogP contribution in [-0.2, 0) is 31.6 Å². The summed E-state index contributed by atoms with van der Waals surface area (Å²) in [5, 5.41) is 10.1. The molecule has 6 N–H and O–H groups in total. The minimum absolute atomic E-state index is 0.0281. The zero-order chi connectivity index (χ0) is 23.8. The van der Waals surface area contributed by atoms with Crippen LogP contribution in [0.4, 0.5) is 8.78 Å². The number of halogens is 2. The Morgan fingerprint density at radius 1 is 1.23 bits per heavy atom. The largest absolute Gasteiger partial charge is 0.490 e.